The van der Waals surface area contributed by atoms with Gasteiger partial charge < -0.3 is 11.1 Å². The maximum Gasteiger partial charge on any atom is 0.332 e. The van der Waals surface area contributed by atoms with Gasteiger partial charge in [0.25, 0.3) is 5.56 Å². The molecule has 1 aromatic rings. The highest BCUT2D eigenvalue weighted by atomic mass is 16.2. The Morgan fingerprint density at radius 2 is 2.05 bits per heavy atom. The van der Waals surface area contributed by atoms with E-state index in [1.165, 1.54) is 11.6 Å². The molecule has 0 unspecified atom stereocenters. The molecule has 0 aromatic carbocycles. The van der Waals surface area contributed by atoms with Crippen molar-refractivity contribution in [3.8, 4) is 0 Å². The lowest BCUT2D eigenvalue weighted by Gasteiger charge is -2.17. The lowest BCUT2D eigenvalue weighted by Crippen LogP contribution is -2.41. The normalized spacial score (nSPS) is 10.7. The molecular weight excluding hydrogens is 244 g/mol. The molecule has 1 heterocycles. The molecule has 0 saturated carbocycles. The van der Waals surface area contributed by atoms with E-state index in [2.05, 4.69) is 11.9 Å². The molecule has 3 N–H and O–H groups in total. The minimum atomic E-state index is -0.397. The minimum absolute atomic E-state index is 0.200. The van der Waals surface area contributed by atoms with Crippen LogP contribution in [0.25, 0.3) is 0 Å². The molecule has 0 saturated heterocycles. The van der Waals surface area contributed by atoms with Crippen LogP contribution in [0.3, 0.4) is 0 Å². The van der Waals surface area contributed by atoms with Crippen molar-refractivity contribution in [1.82, 2.24) is 9.13 Å². The van der Waals surface area contributed by atoms with Crippen molar-refractivity contribution in [3.63, 3.8) is 0 Å². The third kappa shape index (κ3) is 3.27. The average molecular weight is 266 g/mol. The van der Waals surface area contributed by atoms with Crippen molar-refractivity contribution in [2.24, 2.45) is 13.0 Å². The van der Waals surface area contributed by atoms with Gasteiger partial charge in [-0.05, 0) is 12.3 Å². The Morgan fingerprint density at radius 1 is 1.42 bits per heavy atom. The number of rotatable bonds is 6. The van der Waals surface area contributed by atoms with Crippen LogP contribution in [-0.2, 0) is 13.6 Å². The van der Waals surface area contributed by atoms with Gasteiger partial charge in [-0.3, -0.25) is 13.9 Å². The Hall–Kier alpha value is -1.98. The lowest BCUT2D eigenvalue weighted by molar-refractivity contribution is 0.494. The number of anilines is 2. The third-order valence-corrected chi connectivity index (χ3v) is 2.78. The third-order valence-electron chi connectivity index (χ3n) is 2.78. The summed E-state index contributed by atoms with van der Waals surface area (Å²) in [6.45, 7) is 8.63. The van der Waals surface area contributed by atoms with Crippen LogP contribution < -0.4 is 22.3 Å². The van der Waals surface area contributed by atoms with E-state index < -0.39 is 5.56 Å². The Balaban J connectivity index is 3.30. The second-order valence-corrected chi connectivity index (χ2v) is 4.92. The summed E-state index contributed by atoms with van der Waals surface area (Å²) < 4.78 is 2.51. The second-order valence-electron chi connectivity index (χ2n) is 4.92. The number of hydrogen-bond acceptors (Lipinski definition) is 4. The number of nitrogens with one attached hydrogen (secondary N) is 1. The standard InChI is InChI=1S/C13H22N4O2/c1-5-6-7-15-10-11(14)17(8-9(2)3)13(19)16(4)12(10)18/h5,9,15H,1,6-8,14H2,2-4H3. The first-order valence-corrected chi connectivity index (χ1v) is 6.34. The summed E-state index contributed by atoms with van der Waals surface area (Å²) in [5, 5.41) is 2.97. The van der Waals surface area contributed by atoms with Gasteiger partial charge in [0.1, 0.15) is 11.5 Å². The average Bonchev–Trinajstić information content (AvgIpc) is 2.36. The first kappa shape index (κ1) is 15.1. The van der Waals surface area contributed by atoms with Crippen LogP contribution >= 0.6 is 0 Å². The maximum absolute atomic E-state index is 12.0. The second kappa shape index (κ2) is 6.26. The molecule has 6 nitrogen and oxygen atoms in total. The molecule has 0 aliphatic heterocycles. The highest BCUT2D eigenvalue weighted by Gasteiger charge is 2.15. The largest absolute Gasteiger partial charge is 0.383 e. The Morgan fingerprint density at radius 3 is 2.58 bits per heavy atom. The number of nitrogens with two attached hydrogens (primary N) is 1. The van der Waals surface area contributed by atoms with Gasteiger partial charge in [-0.25, -0.2) is 4.79 Å². The zero-order valence-electron chi connectivity index (χ0n) is 11.8. The van der Waals surface area contributed by atoms with E-state index in [1.54, 1.807) is 6.08 Å². The first-order chi connectivity index (χ1) is 8.90. The minimum Gasteiger partial charge on any atom is -0.383 e. The molecule has 0 spiro atoms. The fourth-order valence-electron chi connectivity index (χ4n) is 1.79. The van der Waals surface area contributed by atoms with Gasteiger partial charge in [-0.1, -0.05) is 19.9 Å². The zero-order chi connectivity index (χ0) is 14.6. The van der Waals surface area contributed by atoms with Crippen molar-refractivity contribution < 1.29 is 0 Å². The Labute approximate surface area is 112 Å². The summed E-state index contributed by atoms with van der Waals surface area (Å²) in [5.41, 5.74) is 5.45. The molecule has 0 atom stereocenters. The van der Waals surface area contributed by atoms with Crippen LogP contribution in [0.2, 0.25) is 0 Å². The van der Waals surface area contributed by atoms with Gasteiger partial charge in [0, 0.05) is 20.1 Å². The summed E-state index contributed by atoms with van der Waals surface area (Å²) in [7, 11) is 1.46. The molecule has 0 radical (unpaired) electrons. The number of aromatic nitrogens is 2. The van der Waals surface area contributed by atoms with E-state index in [-0.39, 0.29) is 23.1 Å². The molecule has 0 fully saturated rings. The van der Waals surface area contributed by atoms with Crippen LogP contribution in [0.1, 0.15) is 20.3 Å². The van der Waals surface area contributed by atoms with Crippen molar-refractivity contribution in [2.75, 3.05) is 17.6 Å². The lowest BCUT2D eigenvalue weighted by atomic mass is 10.2. The van der Waals surface area contributed by atoms with Crippen molar-refractivity contribution >= 4 is 11.5 Å². The van der Waals surface area contributed by atoms with Crippen LogP contribution in [-0.4, -0.2) is 15.7 Å². The monoisotopic (exact) mass is 266 g/mol. The summed E-state index contributed by atoms with van der Waals surface area (Å²) in [4.78, 5) is 24.1. The highest BCUT2D eigenvalue weighted by Crippen LogP contribution is 2.12. The van der Waals surface area contributed by atoms with Gasteiger partial charge in [0.15, 0.2) is 0 Å². The number of nitrogen functional groups attached to an aromatic ring is 1. The molecule has 19 heavy (non-hydrogen) atoms. The fourth-order valence-corrected chi connectivity index (χ4v) is 1.79. The number of hydrogen-bond donors (Lipinski definition) is 2. The smallest absolute Gasteiger partial charge is 0.332 e. The zero-order valence-corrected chi connectivity index (χ0v) is 11.8. The molecular formula is C13H22N4O2. The van der Waals surface area contributed by atoms with Gasteiger partial charge in [0.05, 0.1) is 0 Å². The summed E-state index contributed by atoms with van der Waals surface area (Å²) in [6, 6.07) is 0. The summed E-state index contributed by atoms with van der Waals surface area (Å²) in [6.07, 6.45) is 2.46. The molecule has 1 rings (SSSR count). The van der Waals surface area contributed by atoms with Crippen molar-refractivity contribution in [2.45, 2.75) is 26.8 Å². The van der Waals surface area contributed by atoms with Crippen LogP contribution in [0.4, 0.5) is 11.5 Å². The molecule has 1 aromatic heterocycles. The predicted molar refractivity (Wildman–Crippen MR) is 78.5 cm³/mol. The van der Waals surface area contributed by atoms with Crippen LogP contribution in [0.15, 0.2) is 22.2 Å². The van der Waals surface area contributed by atoms with Gasteiger partial charge in [0.2, 0.25) is 0 Å². The van der Waals surface area contributed by atoms with E-state index in [0.717, 1.165) is 4.57 Å². The molecule has 0 aliphatic carbocycles. The van der Waals surface area contributed by atoms with E-state index >= 15 is 0 Å². The molecule has 0 bridgehead atoms. The molecule has 6 heteroatoms. The van der Waals surface area contributed by atoms with Crippen LogP contribution in [0.5, 0.6) is 0 Å². The summed E-state index contributed by atoms with van der Waals surface area (Å²) in [5.74, 6) is 0.462. The van der Waals surface area contributed by atoms with Crippen molar-refractivity contribution in [3.05, 3.63) is 33.5 Å². The predicted octanol–water partition coefficient (Wildman–Crippen LogP) is 0.773. The number of nitrogens with zero attached hydrogens (tertiary/aromatic N) is 2. The molecule has 0 aliphatic rings. The van der Waals surface area contributed by atoms with Gasteiger partial charge >= 0.3 is 5.69 Å². The SMILES string of the molecule is C=CCCNc1c(N)n(CC(C)C)c(=O)n(C)c1=O. The van der Waals surface area contributed by atoms with Crippen molar-refractivity contribution in [1.29, 1.82) is 0 Å². The fraction of sp³-hybridized carbons (Fsp3) is 0.538. The van der Waals surface area contributed by atoms with E-state index in [0.29, 0.717) is 19.5 Å². The Kier molecular flexibility index (Phi) is 4.97. The van der Waals surface area contributed by atoms with Crippen LogP contribution in [0, 0.1) is 5.92 Å². The van der Waals surface area contributed by atoms with Gasteiger partial charge in [-0.2, -0.15) is 0 Å². The van der Waals surface area contributed by atoms with Gasteiger partial charge in [-0.15, -0.1) is 6.58 Å². The topological polar surface area (TPSA) is 82.0 Å². The van der Waals surface area contributed by atoms with E-state index in [1.807, 2.05) is 13.8 Å². The van der Waals surface area contributed by atoms with E-state index in [4.69, 9.17) is 5.73 Å². The Bertz CT molecular complexity index is 569. The summed E-state index contributed by atoms with van der Waals surface area (Å²) >= 11 is 0. The van der Waals surface area contributed by atoms with E-state index in [9.17, 15) is 9.59 Å². The highest BCUT2D eigenvalue weighted by molar-refractivity contribution is 5.60. The maximum atomic E-state index is 12.0. The molecule has 0 amide bonds. The quantitative estimate of drug-likeness (QED) is 0.588. The molecule has 106 valence electrons. The first-order valence-electron chi connectivity index (χ1n) is 6.34.